The largest absolute Gasteiger partial charge is 0.478 e. The molecule has 1 rings (SSSR count). The molecule has 0 aliphatic heterocycles. The summed E-state index contributed by atoms with van der Waals surface area (Å²) in [6.07, 6.45) is 0. The third kappa shape index (κ3) is 5.04. The number of carboxylic acid groups (broad SMARTS) is 1. The van der Waals surface area contributed by atoms with Gasteiger partial charge >= 0.3 is 11.9 Å². The zero-order valence-electron chi connectivity index (χ0n) is 9.18. The van der Waals surface area contributed by atoms with E-state index < -0.39 is 11.9 Å². The summed E-state index contributed by atoms with van der Waals surface area (Å²) in [6, 6.07) is 5.59. The first-order valence-electron chi connectivity index (χ1n) is 4.62. The molecule has 0 bridgehead atoms. The Morgan fingerprint density at radius 2 is 2.00 bits per heavy atom. The molecule has 0 spiro atoms. The number of benzene rings is 1. The van der Waals surface area contributed by atoms with Gasteiger partial charge in [0.15, 0.2) is 0 Å². The minimum Gasteiger partial charge on any atom is -0.478 e. The maximum absolute atomic E-state index is 11.4. The summed E-state index contributed by atoms with van der Waals surface area (Å²) in [6.45, 7) is 0.673. The van der Waals surface area contributed by atoms with Crippen molar-refractivity contribution in [1.29, 1.82) is 0 Å². The summed E-state index contributed by atoms with van der Waals surface area (Å²) < 4.78 is 0. The maximum Gasteiger partial charge on any atom is 0.356 e. The second-order valence-electron chi connectivity index (χ2n) is 2.96. The Kier molecular flexibility index (Phi) is 7.29. The van der Waals surface area contributed by atoms with E-state index in [-0.39, 0.29) is 30.6 Å². The van der Waals surface area contributed by atoms with Gasteiger partial charge in [-0.3, -0.25) is 0 Å². The van der Waals surface area contributed by atoms with Gasteiger partial charge in [0.25, 0.3) is 0 Å². The quantitative estimate of drug-likeness (QED) is 0.401. The second kappa shape index (κ2) is 7.89. The molecule has 17 heavy (non-hydrogen) atoms. The molecule has 0 saturated carbocycles. The van der Waals surface area contributed by atoms with Gasteiger partial charge in [0, 0.05) is 32.6 Å². The van der Waals surface area contributed by atoms with E-state index in [4.69, 9.17) is 10.8 Å². The van der Waals surface area contributed by atoms with E-state index in [2.05, 4.69) is 10.3 Å². The number of rotatable bonds is 5. The number of hydroxylamine groups is 1. The SMILES string of the molecule is NCCNOC(=O)c1cccc(C(=O)O)c1.[Zn]. The summed E-state index contributed by atoms with van der Waals surface area (Å²) in [4.78, 5) is 26.7. The van der Waals surface area contributed by atoms with Crippen molar-refractivity contribution in [3.8, 4) is 0 Å². The number of carbonyl (C=O) groups is 2. The summed E-state index contributed by atoms with van der Waals surface area (Å²) in [7, 11) is 0. The molecule has 0 unspecified atom stereocenters. The van der Waals surface area contributed by atoms with Crippen molar-refractivity contribution in [3.63, 3.8) is 0 Å². The van der Waals surface area contributed by atoms with Crippen LogP contribution in [0.5, 0.6) is 0 Å². The zero-order chi connectivity index (χ0) is 12.0. The molecule has 0 atom stereocenters. The molecule has 0 aliphatic carbocycles. The molecule has 1 aromatic carbocycles. The van der Waals surface area contributed by atoms with Gasteiger partial charge in [0.2, 0.25) is 0 Å². The topological polar surface area (TPSA) is 102 Å². The summed E-state index contributed by atoms with van der Waals surface area (Å²) in [5.74, 6) is -1.74. The van der Waals surface area contributed by atoms with Crippen molar-refractivity contribution in [2.24, 2.45) is 5.73 Å². The van der Waals surface area contributed by atoms with E-state index in [0.29, 0.717) is 13.1 Å². The number of aromatic carboxylic acids is 1. The minimum atomic E-state index is -1.09. The fourth-order valence-corrected chi connectivity index (χ4v) is 1.01. The van der Waals surface area contributed by atoms with Gasteiger partial charge in [-0.2, -0.15) is 5.48 Å². The molecule has 0 heterocycles. The molecule has 0 aromatic heterocycles. The third-order valence-corrected chi connectivity index (χ3v) is 1.76. The third-order valence-electron chi connectivity index (χ3n) is 1.76. The van der Waals surface area contributed by atoms with E-state index in [1.54, 1.807) is 0 Å². The minimum absolute atomic E-state index is 0. The Morgan fingerprint density at radius 3 is 2.59 bits per heavy atom. The normalized spacial score (nSPS) is 9.24. The first kappa shape index (κ1) is 15.7. The van der Waals surface area contributed by atoms with Crippen LogP contribution in [0.25, 0.3) is 0 Å². The van der Waals surface area contributed by atoms with Crippen LogP contribution in [-0.4, -0.2) is 30.1 Å². The summed E-state index contributed by atoms with van der Waals surface area (Å²) in [5.41, 5.74) is 7.75. The van der Waals surface area contributed by atoms with E-state index in [1.165, 1.54) is 24.3 Å². The number of hydrogen-bond donors (Lipinski definition) is 3. The van der Waals surface area contributed by atoms with E-state index in [1.807, 2.05) is 0 Å². The van der Waals surface area contributed by atoms with Crippen LogP contribution >= 0.6 is 0 Å². The van der Waals surface area contributed by atoms with Gasteiger partial charge in [-0.1, -0.05) is 6.07 Å². The van der Waals surface area contributed by atoms with Gasteiger partial charge in [-0.25, -0.2) is 9.59 Å². The molecule has 0 amide bonds. The van der Waals surface area contributed by atoms with Crippen LogP contribution in [0.1, 0.15) is 20.7 Å². The average molecular weight is 290 g/mol. The molecule has 0 saturated heterocycles. The van der Waals surface area contributed by atoms with Crippen molar-refractivity contribution in [1.82, 2.24) is 5.48 Å². The van der Waals surface area contributed by atoms with E-state index >= 15 is 0 Å². The zero-order valence-corrected chi connectivity index (χ0v) is 12.1. The van der Waals surface area contributed by atoms with Gasteiger partial charge in [0.05, 0.1) is 11.1 Å². The standard InChI is InChI=1S/C10H12N2O4.Zn/c11-4-5-12-16-10(15)8-3-1-2-7(6-8)9(13)14;/h1-3,6,12H,4-5,11H2,(H,13,14);. The van der Waals surface area contributed by atoms with Crippen LogP contribution in [0, 0.1) is 0 Å². The first-order valence-corrected chi connectivity index (χ1v) is 4.62. The van der Waals surface area contributed by atoms with Crippen molar-refractivity contribution in [3.05, 3.63) is 35.4 Å². The average Bonchev–Trinajstić information content (AvgIpc) is 2.29. The van der Waals surface area contributed by atoms with Crippen LogP contribution in [-0.2, 0) is 24.3 Å². The maximum atomic E-state index is 11.4. The predicted molar refractivity (Wildman–Crippen MR) is 55.9 cm³/mol. The van der Waals surface area contributed by atoms with Crippen LogP contribution in [0.2, 0.25) is 0 Å². The number of carbonyl (C=O) groups excluding carboxylic acids is 1. The van der Waals surface area contributed by atoms with E-state index in [9.17, 15) is 9.59 Å². The smallest absolute Gasteiger partial charge is 0.356 e. The van der Waals surface area contributed by atoms with Gasteiger partial charge < -0.3 is 15.7 Å². The molecule has 6 nitrogen and oxygen atoms in total. The van der Waals surface area contributed by atoms with Crippen LogP contribution < -0.4 is 11.2 Å². The molecule has 1 aromatic rings. The van der Waals surface area contributed by atoms with Gasteiger partial charge in [0.1, 0.15) is 0 Å². The molecular weight excluding hydrogens is 278 g/mol. The molecule has 7 heteroatoms. The number of hydrogen-bond acceptors (Lipinski definition) is 5. The van der Waals surface area contributed by atoms with Crippen LogP contribution in [0.4, 0.5) is 0 Å². The molecular formula is C10H12N2O4Zn. The summed E-state index contributed by atoms with van der Waals surface area (Å²) in [5, 5.41) is 8.72. The van der Waals surface area contributed by atoms with Crippen molar-refractivity contribution >= 4 is 11.9 Å². The predicted octanol–water partition coefficient (Wildman–Crippen LogP) is 0.00240. The van der Waals surface area contributed by atoms with Gasteiger partial charge in [-0.15, -0.1) is 0 Å². The first-order chi connectivity index (χ1) is 7.65. The summed E-state index contributed by atoms with van der Waals surface area (Å²) >= 11 is 0. The molecule has 0 fully saturated rings. The number of nitrogens with two attached hydrogens (primary N) is 1. The monoisotopic (exact) mass is 288 g/mol. The van der Waals surface area contributed by atoms with Crippen molar-refractivity contribution < 1.29 is 39.0 Å². The Labute approximate surface area is 111 Å². The Balaban J connectivity index is 0.00000256. The second-order valence-corrected chi connectivity index (χ2v) is 2.96. The van der Waals surface area contributed by atoms with Crippen LogP contribution in [0.15, 0.2) is 24.3 Å². The molecule has 0 aliphatic rings. The number of nitrogens with one attached hydrogen (secondary N) is 1. The van der Waals surface area contributed by atoms with Gasteiger partial charge in [-0.05, 0) is 18.2 Å². The fraction of sp³-hybridized carbons (Fsp3) is 0.200. The van der Waals surface area contributed by atoms with E-state index in [0.717, 1.165) is 0 Å². The van der Waals surface area contributed by atoms with Crippen molar-refractivity contribution in [2.45, 2.75) is 0 Å². The van der Waals surface area contributed by atoms with Crippen molar-refractivity contribution in [2.75, 3.05) is 13.1 Å². The Hall–Kier alpha value is -1.30. The Bertz CT molecular complexity index is 398. The van der Waals surface area contributed by atoms with Crippen LogP contribution in [0.3, 0.4) is 0 Å². The Morgan fingerprint density at radius 1 is 1.35 bits per heavy atom. The molecule has 4 N–H and O–H groups in total. The number of carboxylic acids is 1. The fourth-order valence-electron chi connectivity index (χ4n) is 1.01. The molecule has 0 radical (unpaired) electrons. The molecule has 88 valence electrons.